The van der Waals surface area contributed by atoms with Gasteiger partial charge in [0.2, 0.25) is 0 Å². The average Bonchev–Trinajstić information content (AvgIpc) is 2.05. The minimum atomic E-state index is -1.38. The molecule has 0 bridgehead atoms. The van der Waals surface area contributed by atoms with Crippen LogP contribution in [0.25, 0.3) is 0 Å². The molecule has 0 fully saturated rings. The van der Waals surface area contributed by atoms with E-state index in [4.69, 9.17) is 8.85 Å². The van der Waals surface area contributed by atoms with Crippen molar-refractivity contribution in [2.24, 2.45) is 0 Å². The summed E-state index contributed by atoms with van der Waals surface area (Å²) in [4.78, 5) is 0. The molecular formula is C7H18O2SSi. The van der Waals surface area contributed by atoms with Gasteiger partial charge in [-0.05, 0) is 12.8 Å². The van der Waals surface area contributed by atoms with E-state index in [9.17, 15) is 0 Å². The van der Waals surface area contributed by atoms with Crippen molar-refractivity contribution in [1.82, 2.24) is 0 Å². The van der Waals surface area contributed by atoms with Crippen molar-refractivity contribution in [3.63, 3.8) is 0 Å². The van der Waals surface area contributed by atoms with Crippen LogP contribution in [0.1, 0.15) is 26.7 Å². The lowest BCUT2D eigenvalue weighted by atomic mass is 10.5. The molecule has 0 aliphatic rings. The zero-order chi connectivity index (χ0) is 8.53. The van der Waals surface area contributed by atoms with E-state index in [1.165, 1.54) is 0 Å². The van der Waals surface area contributed by atoms with Gasteiger partial charge in [-0.2, -0.15) is 12.6 Å². The van der Waals surface area contributed by atoms with Crippen LogP contribution in [0.15, 0.2) is 0 Å². The molecule has 0 rings (SSSR count). The Balaban J connectivity index is 3.25. The van der Waals surface area contributed by atoms with E-state index in [-0.39, 0.29) is 0 Å². The molecule has 0 aromatic heterocycles. The summed E-state index contributed by atoms with van der Waals surface area (Å²) >= 11 is 4.17. The molecule has 4 heteroatoms. The summed E-state index contributed by atoms with van der Waals surface area (Å²) in [6.45, 7) is 5.84. The average molecular weight is 194 g/mol. The first-order chi connectivity index (χ1) is 5.35. The second-order valence-corrected chi connectivity index (χ2v) is 5.34. The van der Waals surface area contributed by atoms with Crippen molar-refractivity contribution in [2.75, 3.05) is 18.6 Å². The molecule has 0 atom stereocenters. The molecule has 0 aliphatic carbocycles. The van der Waals surface area contributed by atoms with Crippen LogP contribution < -0.4 is 0 Å². The molecule has 0 heterocycles. The summed E-state index contributed by atoms with van der Waals surface area (Å²) in [6.07, 6.45) is 2.12. The van der Waals surface area contributed by atoms with Gasteiger partial charge in [0.05, 0.1) is 0 Å². The van der Waals surface area contributed by atoms with Crippen molar-refractivity contribution in [3.8, 4) is 0 Å². The standard InChI is InChI=1S/C7H18O2SSi/c1-3-5-8-11(7-10)9-6-4-2/h10-11H,3-7H2,1-2H3. The van der Waals surface area contributed by atoms with Crippen molar-refractivity contribution < 1.29 is 8.85 Å². The van der Waals surface area contributed by atoms with E-state index in [1.54, 1.807) is 0 Å². The van der Waals surface area contributed by atoms with Crippen LogP contribution in [-0.4, -0.2) is 27.9 Å². The van der Waals surface area contributed by atoms with Crippen LogP contribution in [0.5, 0.6) is 0 Å². The Morgan fingerprint density at radius 1 is 1.09 bits per heavy atom. The van der Waals surface area contributed by atoms with Gasteiger partial charge in [0.25, 0.3) is 0 Å². The number of hydrogen-bond acceptors (Lipinski definition) is 3. The van der Waals surface area contributed by atoms with Gasteiger partial charge in [0.1, 0.15) is 0 Å². The van der Waals surface area contributed by atoms with E-state index in [0.717, 1.165) is 31.4 Å². The van der Waals surface area contributed by atoms with Gasteiger partial charge in [-0.25, -0.2) is 0 Å². The maximum absolute atomic E-state index is 5.48. The van der Waals surface area contributed by atoms with Crippen LogP contribution >= 0.6 is 12.6 Å². The molecule has 0 saturated carbocycles. The van der Waals surface area contributed by atoms with Crippen LogP contribution in [0.3, 0.4) is 0 Å². The minimum Gasteiger partial charge on any atom is -0.396 e. The van der Waals surface area contributed by atoms with E-state index in [0.29, 0.717) is 0 Å². The lowest BCUT2D eigenvalue weighted by Crippen LogP contribution is -2.26. The first-order valence-corrected chi connectivity index (χ1v) is 6.58. The van der Waals surface area contributed by atoms with Crippen molar-refractivity contribution in [3.05, 3.63) is 0 Å². The fourth-order valence-electron chi connectivity index (χ4n) is 0.652. The highest BCUT2D eigenvalue weighted by Gasteiger charge is 2.08. The first kappa shape index (κ1) is 11.5. The van der Waals surface area contributed by atoms with E-state index in [1.807, 2.05) is 0 Å². The highest BCUT2D eigenvalue weighted by atomic mass is 32.1. The molecule has 0 unspecified atom stereocenters. The number of thiol groups is 1. The monoisotopic (exact) mass is 194 g/mol. The Labute approximate surface area is 76.5 Å². The van der Waals surface area contributed by atoms with Gasteiger partial charge >= 0.3 is 9.28 Å². The Kier molecular flexibility index (Phi) is 8.96. The van der Waals surface area contributed by atoms with Crippen molar-refractivity contribution >= 4 is 21.9 Å². The summed E-state index contributed by atoms with van der Waals surface area (Å²) in [6, 6.07) is 0. The second kappa shape index (κ2) is 8.58. The molecule has 0 spiro atoms. The number of rotatable bonds is 7. The van der Waals surface area contributed by atoms with Gasteiger partial charge in [-0.15, -0.1) is 0 Å². The molecule has 0 aliphatic heterocycles. The van der Waals surface area contributed by atoms with Gasteiger partial charge in [-0.1, -0.05) is 13.8 Å². The molecule has 0 saturated heterocycles. The first-order valence-electron chi connectivity index (χ1n) is 4.19. The highest BCUT2D eigenvalue weighted by Crippen LogP contribution is 1.95. The molecule has 0 aromatic rings. The van der Waals surface area contributed by atoms with Crippen LogP contribution in [0.4, 0.5) is 0 Å². The SMILES string of the molecule is CCCO[SiH](CS)OCCC. The summed E-state index contributed by atoms with van der Waals surface area (Å²) in [5.41, 5.74) is 0. The summed E-state index contributed by atoms with van der Waals surface area (Å²) < 4.78 is 11.0. The Hall–Kier alpha value is 0.487. The summed E-state index contributed by atoms with van der Waals surface area (Å²) in [5.74, 6) is 0. The Morgan fingerprint density at radius 2 is 1.55 bits per heavy atom. The van der Waals surface area contributed by atoms with Gasteiger partial charge in [-0.3, -0.25) is 0 Å². The van der Waals surface area contributed by atoms with Crippen LogP contribution in [0.2, 0.25) is 0 Å². The third-order valence-corrected chi connectivity index (χ3v) is 3.57. The second-order valence-electron chi connectivity index (χ2n) is 2.35. The largest absolute Gasteiger partial charge is 0.396 e. The Morgan fingerprint density at radius 3 is 1.82 bits per heavy atom. The molecule has 68 valence electrons. The third-order valence-electron chi connectivity index (χ3n) is 1.16. The molecule has 0 amide bonds. The normalized spacial score (nSPS) is 10.9. The van der Waals surface area contributed by atoms with E-state index in [2.05, 4.69) is 26.5 Å². The topological polar surface area (TPSA) is 18.5 Å². The molecule has 0 radical (unpaired) electrons. The van der Waals surface area contributed by atoms with Crippen LogP contribution in [0, 0.1) is 0 Å². The van der Waals surface area contributed by atoms with Crippen molar-refractivity contribution in [1.29, 1.82) is 0 Å². The molecule has 11 heavy (non-hydrogen) atoms. The minimum absolute atomic E-state index is 0.778. The lowest BCUT2D eigenvalue weighted by Gasteiger charge is -2.13. The zero-order valence-electron chi connectivity index (χ0n) is 7.38. The fraction of sp³-hybridized carbons (Fsp3) is 1.00. The molecule has 2 nitrogen and oxygen atoms in total. The van der Waals surface area contributed by atoms with Gasteiger partial charge < -0.3 is 8.85 Å². The van der Waals surface area contributed by atoms with E-state index < -0.39 is 9.28 Å². The molecule has 0 N–H and O–H groups in total. The van der Waals surface area contributed by atoms with Gasteiger partial charge in [0.15, 0.2) is 0 Å². The fourth-order valence-corrected chi connectivity index (χ4v) is 2.59. The summed E-state index contributed by atoms with van der Waals surface area (Å²) in [5, 5.41) is 0.778. The summed E-state index contributed by atoms with van der Waals surface area (Å²) in [7, 11) is -1.38. The molecular weight excluding hydrogens is 176 g/mol. The third kappa shape index (κ3) is 6.87. The molecule has 0 aromatic carbocycles. The predicted molar refractivity (Wildman–Crippen MR) is 53.5 cm³/mol. The van der Waals surface area contributed by atoms with E-state index >= 15 is 0 Å². The predicted octanol–water partition coefficient (Wildman–Crippen LogP) is 1.53. The quantitative estimate of drug-likeness (QED) is 0.489. The number of hydrogen-bond donors (Lipinski definition) is 1. The highest BCUT2D eigenvalue weighted by molar-refractivity contribution is 7.81. The lowest BCUT2D eigenvalue weighted by molar-refractivity contribution is 0.201. The Bertz CT molecular complexity index is 74.8. The zero-order valence-corrected chi connectivity index (χ0v) is 9.43. The van der Waals surface area contributed by atoms with Crippen LogP contribution in [-0.2, 0) is 8.85 Å². The smallest absolute Gasteiger partial charge is 0.331 e. The maximum Gasteiger partial charge on any atom is 0.331 e. The van der Waals surface area contributed by atoms with Gasteiger partial charge in [0, 0.05) is 18.6 Å². The van der Waals surface area contributed by atoms with Crippen molar-refractivity contribution in [2.45, 2.75) is 26.7 Å². The maximum atomic E-state index is 5.48.